The van der Waals surface area contributed by atoms with Gasteiger partial charge in [-0.2, -0.15) is 5.26 Å². The van der Waals surface area contributed by atoms with Crippen LogP contribution in [0.1, 0.15) is 16.8 Å². The summed E-state index contributed by atoms with van der Waals surface area (Å²) in [6.45, 7) is 1.32. The number of nitrogens with zero attached hydrogens (tertiary/aromatic N) is 2. The molecule has 0 aromatic heterocycles. The molecule has 0 aliphatic heterocycles. The highest BCUT2D eigenvalue weighted by molar-refractivity contribution is 9.11. The van der Waals surface area contributed by atoms with Crippen molar-refractivity contribution in [1.29, 1.82) is 5.26 Å². The molecule has 0 radical (unpaired) electrons. The molecule has 102 valence electrons. The van der Waals surface area contributed by atoms with E-state index in [9.17, 15) is 4.79 Å². The Morgan fingerprint density at radius 2 is 2.16 bits per heavy atom. The van der Waals surface area contributed by atoms with Crippen LogP contribution in [0.15, 0.2) is 27.1 Å². The van der Waals surface area contributed by atoms with E-state index in [0.29, 0.717) is 31.7 Å². The van der Waals surface area contributed by atoms with Crippen LogP contribution in [0.3, 0.4) is 0 Å². The molecule has 6 heteroatoms. The molecule has 0 aliphatic carbocycles. The van der Waals surface area contributed by atoms with E-state index in [2.05, 4.69) is 37.9 Å². The van der Waals surface area contributed by atoms with Crippen molar-refractivity contribution in [2.45, 2.75) is 6.42 Å². The van der Waals surface area contributed by atoms with Gasteiger partial charge in [-0.1, -0.05) is 15.9 Å². The molecular formula is C13H14Br2N2O2. The van der Waals surface area contributed by atoms with Crippen LogP contribution in [0.4, 0.5) is 0 Å². The molecule has 0 fully saturated rings. The third-order valence-electron chi connectivity index (χ3n) is 2.50. The van der Waals surface area contributed by atoms with Crippen molar-refractivity contribution in [3.63, 3.8) is 0 Å². The summed E-state index contributed by atoms with van der Waals surface area (Å²) in [5.74, 6) is -0.111. The van der Waals surface area contributed by atoms with Gasteiger partial charge < -0.3 is 9.64 Å². The van der Waals surface area contributed by atoms with Crippen LogP contribution in [0, 0.1) is 11.3 Å². The maximum absolute atomic E-state index is 12.4. The number of carbonyl (C=O) groups excluding carboxylic acids is 1. The number of hydrogen-bond acceptors (Lipinski definition) is 3. The summed E-state index contributed by atoms with van der Waals surface area (Å²) in [5.41, 5.74) is 0.573. The Kier molecular flexibility index (Phi) is 7.06. The lowest BCUT2D eigenvalue weighted by atomic mass is 10.2. The smallest absolute Gasteiger partial charge is 0.255 e. The van der Waals surface area contributed by atoms with E-state index in [0.717, 1.165) is 8.95 Å². The molecule has 1 amide bonds. The lowest BCUT2D eigenvalue weighted by molar-refractivity contribution is 0.0699. The molecule has 0 bridgehead atoms. The Balaban J connectivity index is 2.91. The molecule has 0 aliphatic rings. The first-order valence-corrected chi connectivity index (χ1v) is 7.29. The van der Waals surface area contributed by atoms with Crippen molar-refractivity contribution in [2.75, 3.05) is 26.8 Å². The third-order valence-corrected chi connectivity index (χ3v) is 3.69. The fourth-order valence-corrected chi connectivity index (χ4v) is 2.31. The summed E-state index contributed by atoms with van der Waals surface area (Å²) in [4.78, 5) is 14.1. The SMILES string of the molecule is COCCN(CCC#N)C(=O)c1cc(Br)ccc1Br. The van der Waals surface area contributed by atoms with E-state index < -0.39 is 0 Å². The van der Waals surface area contributed by atoms with Gasteiger partial charge in [0.25, 0.3) is 5.91 Å². The summed E-state index contributed by atoms with van der Waals surface area (Å²) >= 11 is 6.72. The van der Waals surface area contributed by atoms with Crippen molar-refractivity contribution in [2.24, 2.45) is 0 Å². The van der Waals surface area contributed by atoms with Crippen LogP contribution in [-0.4, -0.2) is 37.6 Å². The normalized spacial score (nSPS) is 10.0. The highest BCUT2D eigenvalue weighted by Gasteiger charge is 2.18. The Morgan fingerprint density at radius 1 is 1.42 bits per heavy atom. The number of methoxy groups -OCH3 is 1. The summed E-state index contributed by atoms with van der Waals surface area (Å²) < 4.78 is 6.57. The molecule has 4 nitrogen and oxygen atoms in total. The predicted octanol–water partition coefficient (Wildman–Crippen LogP) is 3.21. The monoisotopic (exact) mass is 388 g/mol. The highest BCUT2D eigenvalue weighted by Crippen LogP contribution is 2.23. The number of halogens is 2. The molecular weight excluding hydrogens is 376 g/mol. The van der Waals surface area contributed by atoms with Gasteiger partial charge in [0.05, 0.1) is 24.7 Å². The third kappa shape index (κ3) is 4.94. The van der Waals surface area contributed by atoms with Crippen LogP contribution in [0.25, 0.3) is 0 Å². The Morgan fingerprint density at radius 3 is 2.79 bits per heavy atom. The zero-order valence-electron chi connectivity index (χ0n) is 10.5. The Bertz CT molecular complexity index is 486. The molecule has 0 saturated heterocycles. The van der Waals surface area contributed by atoms with Crippen LogP contribution >= 0.6 is 31.9 Å². The van der Waals surface area contributed by atoms with Gasteiger partial charge in [0.2, 0.25) is 0 Å². The van der Waals surface area contributed by atoms with Gasteiger partial charge in [-0.3, -0.25) is 4.79 Å². The number of hydrogen-bond donors (Lipinski definition) is 0. The van der Waals surface area contributed by atoms with Crippen molar-refractivity contribution >= 4 is 37.8 Å². The average molecular weight is 390 g/mol. The van der Waals surface area contributed by atoms with Crippen LogP contribution in [0.5, 0.6) is 0 Å². The lowest BCUT2D eigenvalue weighted by Gasteiger charge is -2.22. The minimum absolute atomic E-state index is 0.111. The standard InChI is InChI=1S/C13H14Br2N2O2/c1-19-8-7-17(6-2-5-16)13(18)11-9-10(14)3-4-12(11)15/h3-4,9H,2,6-8H2,1H3. The summed E-state index contributed by atoms with van der Waals surface area (Å²) in [6, 6.07) is 7.49. The molecule has 0 heterocycles. The summed E-state index contributed by atoms with van der Waals surface area (Å²) in [6.07, 6.45) is 0.307. The first-order chi connectivity index (χ1) is 9.10. The number of nitriles is 1. The van der Waals surface area contributed by atoms with Crippen LogP contribution in [0.2, 0.25) is 0 Å². The van der Waals surface area contributed by atoms with Gasteiger partial charge in [0.1, 0.15) is 0 Å². The Hall–Kier alpha value is -0.900. The van der Waals surface area contributed by atoms with E-state index in [-0.39, 0.29) is 5.91 Å². The first-order valence-electron chi connectivity index (χ1n) is 5.70. The number of carbonyl (C=O) groups is 1. The van der Waals surface area contributed by atoms with Crippen LogP contribution < -0.4 is 0 Å². The van der Waals surface area contributed by atoms with Gasteiger partial charge in [-0.15, -0.1) is 0 Å². The molecule has 0 atom stereocenters. The molecule has 0 unspecified atom stereocenters. The first kappa shape index (κ1) is 16.2. The molecule has 19 heavy (non-hydrogen) atoms. The fourth-order valence-electron chi connectivity index (χ4n) is 1.53. The molecule has 0 saturated carbocycles. The van der Waals surface area contributed by atoms with Crippen molar-refractivity contribution < 1.29 is 9.53 Å². The van der Waals surface area contributed by atoms with Gasteiger partial charge in [0.15, 0.2) is 0 Å². The minimum atomic E-state index is -0.111. The van der Waals surface area contributed by atoms with E-state index in [4.69, 9.17) is 10.00 Å². The van der Waals surface area contributed by atoms with E-state index in [1.54, 1.807) is 18.1 Å². The second kappa shape index (κ2) is 8.31. The van der Waals surface area contributed by atoms with E-state index >= 15 is 0 Å². The van der Waals surface area contributed by atoms with E-state index in [1.807, 2.05) is 12.1 Å². The highest BCUT2D eigenvalue weighted by atomic mass is 79.9. The fraction of sp³-hybridized carbons (Fsp3) is 0.385. The molecule has 1 rings (SSSR count). The number of benzene rings is 1. The number of rotatable bonds is 6. The quantitative estimate of drug-likeness (QED) is 0.750. The van der Waals surface area contributed by atoms with Gasteiger partial charge in [-0.25, -0.2) is 0 Å². The number of amides is 1. The van der Waals surface area contributed by atoms with Gasteiger partial charge >= 0.3 is 0 Å². The van der Waals surface area contributed by atoms with Crippen molar-refractivity contribution in [3.05, 3.63) is 32.7 Å². The molecule has 0 N–H and O–H groups in total. The minimum Gasteiger partial charge on any atom is -0.383 e. The topological polar surface area (TPSA) is 53.3 Å². The Labute approximate surface area is 129 Å². The van der Waals surface area contributed by atoms with Gasteiger partial charge in [0, 0.05) is 29.1 Å². The maximum atomic E-state index is 12.4. The second-order valence-corrected chi connectivity index (χ2v) is 5.59. The maximum Gasteiger partial charge on any atom is 0.255 e. The second-order valence-electron chi connectivity index (χ2n) is 3.82. The van der Waals surface area contributed by atoms with E-state index in [1.165, 1.54) is 0 Å². The predicted molar refractivity (Wildman–Crippen MR) is 79.9 cm³/mol. The zero-order valence-corrected chi connectivity index (χ0v) is 13.7. The lowest BCUT2D eigenvalue weighted by Crippen LogP contribution is -2.34. The largest absolute Gasteiger partial charge is 0.383 e. The van der Waals surface area contributed by atoms with Gasteiger partial charge in [-0.05, 0) is 34.1 Å². The summed E-state index contributed by atoms with van der Waals surface area (Å²) in [5, 5.41) is 8.66. The van der Waals surface area contributed by atoms with Crippen molar-refractivity contribution in [3.8, 4) is 6.07 Å². The zero-order chi connectivity index (χ0) is 14.3. The van der Waals surface area contributed by atoms with Crippen molar-refractivity contribution in [1.82, 2.24) is 4.90 Å². The molecule has 0 spiro atoms. The molecule has 1 aromatic carbocycles. The molecule has 1 aromatic rings. The average Bonchev–Trinajstić information content (AvgIpc) is 2.41. The summed E-state index contributed by atoms with van der Waals surface area (Å²) in [7, 11) is 1.59. The van der Waals surface area contributed by atoms with Crippen LogP contribution in [-0.2, 0) is 4.74 Å². The number of ether oxygens (including phenoxy) is 1.